The van der Waals surface area contributed by atoms with Crippen molar-refractivity contribution in [3.05, 3.63) is 70.2 Å². The summed E-state index contributed by atoms with van der Waals surface area (Å²) in [6.45, 7) is -0.424. The highest BCUT2D eigenvalue weighted by Gasteiger charge is 2.55. The van der Waals surface area contributed by atoms with Gasteiger partial charge in [0.05, 0.1) is 7.11 Å². The molecule has 8 nitrogen and oxygen atoms in total. The summed E-state index contributed by atoms with van der Waals surface area (Å²) in [5, 5.41) is 5.89. The van der Waals surface area contributed by atoms with Crippen LogP contribution in [0.1, 0.15) is 11.1 Å². The first kappa shape index (κ1) is 25.8. The second-order valence-electron chi connectivity index (χ2n) is 7.71. The molecule has 36 heavy (non-hydrogen) atoms. The standard InChI is InChI=1S/C23H18Cl2F3N3O5/c1-34-20(32)22-12-14-11-15(25)3-8-18(14)19(22)29-31(13-35-22)21(33)30(10-2-9-24)16-4-6-17(7-5-16)36-23(26,27)28/h2-9,11H,10,12-13H2,1H3. The molecular weight excluding hydrogens is 526 g/mol. The molecule has 0 fully saturated rings. The number of alkyl halides is 3. The first-order valence-corrected chi connectivity index (χ1v) is 11.2. The third-order valence-electron chi connectivity index (χ3n) is 5.52. The summed E-state index contributed by atoms with van der Waals surface area (Å²) in [5.41, 5.74) is 1.34. The Morgan fingerprint density at radius 3 is 2.61 bits per heavy atom. The number of amides is 2. The first-order chi connectivity index (χ1) is 17.1. The number of nitrogens with zero attached hydrogens (tertiary/aromatic N) is 3. The maximum absolute atomic E-state index is 13.5. The Balaban J connectivity index is 1.68. The van der Waals surface area contributed by atoms with Gasteiger partial charge in [0.15, 0.2) is 0 Å². The number of ether oxygens (including phenoxy) is 3. The molecule has 1 atom stereocenters. The van der Waals surface area contributed by atoms with E-state index < -0.39 is 36.4 Å². The number of rotatable bonds is 5. The molecule has 2 aromatic carbocycles. The average molecular weight is 544 g/mol. The number of halogens is 5. The summed E-state index contributed by atoms with van der Waals surface area (Å²) in [6.07, 6.45) is -3.27. The van der Waals surface area contributed by atoms with Crippen LogP contribution in [-0.2, 0) is 20.7 Å². The van der Waals surface area contributed by atoms with Crippen molar-refractivity contribution in [2.45, 2.75) is 18.4 Å². The molecule has 0 saturated carbocycles. The zero-order valence-electron chi connectivity index (χ0n) is 18.6. The van der Waals surface area contributed by atoms with E-state index in [9.17, 15) is 22.8 Å². The molecule has 0 saturated heterocycles. The average Bonchev–Trinajstić information content (AvgIpc) is 3.17. The maximum atomic E-state index is 13.5. The van der Waals surface area contributed by atoms with Gasteiger partial charge in [0, 0.05) is 34.8 Å². The van der Waals surface area contributed by atoms with Gasteiger partial charge in [0.25, 0.3) is 0 Å². The molecule has 1 aliphatic carbocycles. The maximum Gasteiger partial charge on any atom is 0.573 e. The lowest BCUT2D eigenvalue weighted by Crippen LogP contribution is -2.56. The van der Waals surface area contributed by atoms with Crippen molar-refractivity contribution in [1.82, 2.24) is 5.01 Å². The monoisotopic (exact) mass is 543 g/mol. The molecule has 0 N–H and O–H groups in total. The molecule has 1 heterocycles. The number of urea groups is 1. The number of fused-ring (bicyclic) bond motifs is 3. The quantitative estimate of drug-likeness (QED) is 0.491. The van der Waals surface area contributed by atoms with Crippen molar-refractivity contribution in [2.24, 2.45) is 5.10 Å². The number of anilines is 1. The third kappa shape index (κ3) is 4.99. The topological polar surface area (TPSA) is 80.7 Å². The highest BCUT2D eigenvalue weighted by atomic mass is 35.5. The van der Waals surface area contributed by atoms with E-state index in [0.717, 1.165) is 17.1 Å². The van der Waals surface area contributed by atoms with Crippen LogP contribution in [0.5, 0.6) is 5.75 Å². The zero-order valence-corrected chi connectivity index (χ0v) is 20.1. The van der Waals surface area contributed by atoms with Gasteiger partial charge in [0.2, 0.25) is 5.60 Å². The predicted octanol–water partition coefficient (Wildman–Crippen LogP) is 5.08. The molecular formula is C23H18Cl2F3N3O5. The Kier molecular flexibility index (Phi) is 7.17. The van der Waals surface area contributed by atoms with E-state index >= 15 is 0 Å². The Hall–Kier alpha value is -3.28. The van der Waals surface area contributed by atoms with Crippen LogP contribution in [0.2, 0.25) is 5.02 Å². The van der Waals surface area contributed by atoms with Crippen molar-refractivity contribution >= 4 is 46.6 Å². The minimum absolute atomic E-state index is 0.0303. The molecule has 2 aliphatic rings. The third-order valence-corrected chi connectivity index (χ3v) is 5.94. The number of esters is 1. The summed E-state index contributed by atoms with van der Waals surface area (Å²) < 4.78 is 52.2. The van der Waals surface area contributed by atoms with Gasteiger partial charge >= 0.3 is 18.4 Å². The van der Waals surface area contributed by atoms with Crippen LogP contribution < -0.4 is 9.64 Å². The lowest BCUT2D eigenvalue weighted by molar-refractivity contribution is -0.274. The Morgan fingerprint density at radius 1 is 1.25 bits per heavy atom. The fourth-order valence-corrected chi connectivity index (χ4v) is 4.26. The second-order valence-corrected chi connectivity index (χ2v) is 8.40. The van der Waals surface area contributed by atoms with Crippen LogP contribution in [0.15, 0.2) is 59.2 Å². The van der Waals surface area contributed by atoms with Gasteiger partial charge in [-0.2, -0.15) is 10.1 Å². The molecule has 1 aliphatic heterocycles. The summed E-state index contributed by atoms with van der Waals surface area (Å²) >= 11 is 11.7. The van der Waals surface area contributed by atoms with Crippen molar-refractivity contribution < 1.29 is 37.0 Å². The van der Waals surface area contributed by atoms with Crippen LogP contribution in [0.3, 0.4) is 0 Å². The van der Waals surface area contributed by atoms with Crippen LogP contribution >= 0.6 is 23.2 Å². The summed E-state index contributed by atoms with van der Waals surface area (Å²) in [4.78, 5) is 27.4. The number of hydrogen-bond acceptors (Lipinski definition) is 6. The van der Waals surface area contributed by atoms with E-state index in [1.54, 1.807) is 18.2 Å². The summed E-state index contributed by atoms with van der Waals surface area (Å²) in [5.74, 6) is -1.12. The van der Waals surface area contributed by atoms with Crippen molar-refractivity contribution in [2.75, 3.05) is 25.3 Å². The van der Waals surface area contributed by atoms with E-state index in [1.807, 2.05) is 0 Å². The number of carbonyl (C=O) groups is 2. The lowest BCUT2D eigenvalue weighted by Gasteiger charge is -2.36. The Labute approximate surface area is 213 Å². The second kappa shape index (κ2) is 10.00. The lowest BCUT2D eigenvalue weighted by atomic mass is 9.97. The molecule has 0 aromatic heterocycles. The highest BCUT2D eigenvalue weighted by Crippen LogP contribution is 2.39. The summed E-state index contributed by atoms with van der Waals surface area (Å²) in [7, 11) is 1.22. The van der Waals surface area contributed by atoms with Gasteiger partial charge in [-0.1, -0.05) is 35.3 Å². The first-order valence-electron chi connectivity index (χ1n) is 10.4. The van der Waals surface area contributed by atoms with Crippen molar-refractivity contribution in [3.8, 4) is 5.75 Å². The molecule has 13 heteroatoms. The van der Waals surface area contributed by atoms with E-state index in [0.29, 0.717) is 16.1 Å². The molecule has 0 radical (unpaired) electrons. The van der Waals surface area contributed by atoms with Crippen LogP contribution in [0, 0.1) is 0 Å². The largest absolute Gasteiger partial charge is 0.573 e. The molecule has 190 valence electrons. The fraction of sp³-hybridized carbons (Fsp3) is 0.261. The zero-order chi connectivity index (χ0) is 26.1. The van der Waals surface area contributed by atoms with Gasteiger partial charge in [-0.3, -0.25) is 4.90 Å². The number of methoxy groups -OCH3 is 1. The fourth-order valence-electron chi connectivity index (χ4n) is 3.98. The SMILES string of the molecule is COC(=O)C12Cc3cc(Cl)ccc3C1=NN(C(=O)N(CC=CCl)c1ccc(OC(F)(F)F)cc1)CO2. The Morgan fingerprint density at radius 2 is 1.97 bits per heavy atom. The predicted molar refractivity (Wildman–Crippen MR) is 125 cm³/mol. The molecule has 4 rings (SSSR count). The smallest absolute Gasteiger partial charge is 0.467 e. The minimum atomic E-state index is -4.85. The number of hydrogen-bond donors (Lipinski definition) is 0. The number of carbonyl (C=O) groups excluding carboxylic acids is 2. The van der Waals surface area contributed by atoms with Crippen molar-refractivity contribution in [3.63, 3.8) is 0 Å². The van der Waals surface area contributed by atoms with Crippen LogP contribution in [-0.4, -0.2) is 55.1 Å². The number of hydrazone groups is 1. The van der Waals surface area contributed by atoms with Crippen molar-refractivity contribution in [1.29, 1.82) is 0 Å². The van der Waals surface area contributed by atoms with Crippen LogP contribution in [0.4, 0.5) is 23.7 Å². The van der Waals surface area contributed by atoms with Gasteiger partial charge < -0.3 is 14.2 Å². The molecule has 2 aromatic rings. The molecule has 0 bridgehead atoms. The molecule has 1 unspecified atom stereocenters. The molecule has 2 amide bonds. The van der Waals surface area contributed by atoms with E-state index in [1.165, 1.54) is 35.8 Å². The van der Waals surface area contributed by atoms with E-state index in [4.69, 9.17) is 32.7 Å². The minimum Gasteiger partial charge on any atom is -0.467 e. The molecule has 0 spiro atoms. The normalized spacial score (nSPS) is 18.9. The van der Waals surface area contributed by atoms with E-state index in [2.05, 4.69) is 9.84 Å². The summed E-state index contributed by atoms with van der Waals surface area (Å²) in [6, 6.07) is 9.01. The Bertz CT molecular complexity index is 1240. The van der Waals surface area contributed by atoms with Gasteiger partial charge in [-0.15, -0.1) is 13.2 Å². The van der Waals surface area contributed by atoms with Gasteiger partial charge in [-0.05, 0) is 42.0 Å². The van der Waals surface area contributed by atoms with Crippen LogP contribution in [0.25, 0.3) is 0 Å². The van der Waals surface area contributed by atoms with E-state index in [-0.39, 0.29) is 24.4 Å². The highest BCUT2D eigenvalue weighted by molar-refractivity contribution is 6.31. The number of benzene rings is 2. The van der Waals surface area contributed by atoms with Gasteiger partial charge in [-0.25, -0.2) is 9.59 Å². The van der Waals surface area contributed by atoms with Gasteiger partial charge in [0.1, 0.15) is 18.2 Å².